The Bertz CT molecular complexity index is 1120. The van der Waals surface area contributed by atoms with Crippen LogP contribution in [0.3, 0.4) is 0 Å². The molecule has 0 aliphatic heterocycles. The summed E-state index contributed by atoms with van der Waals surface area (Å²) in [4.78, 5) is 19.4. The Kier molecular flexibility index (Phi) is 3.82. The number of anilines is 1. The summed E-state index contributed by atoms with van der Waals surface area (Å²) in [5.41, 5.74) is 2.49. The summed E-state index contributed by atoms with van der Waals surface area (Å²) < 4.78 is 5.25. The summed E-state index contributed by atoms with van der Waals surface area (Å²) in [5.74, 6) is 0.833. The molecule has 4 aromatic rings. The van der Waals surface area contributed by atoms with E-state index in [0.29, 0.717) is 17.6 Å². The predicted octanol–water partition coefficient (Wildman–Crippen LogP) is 3.70. The fraction of sp³-hybridized carbons (Fsp3) is 0.100. The number of hydrogen-bond donors (Lipinski definition) is 2. The molecule has 2 aromatic carbocycles. The second-order valence-electron chi connectivity index (χ2n) is 5.82. The lowest BCUT2D eigenvalue weighted by Crippen LogP contribution is -2.07. The van der Waals surface area contributed by atoms with Gasteiger partial charge in [-0.3, -0.25) is 4.79 Å². The third-order valence-electron chi connectivity index (χ3n) is 4.21. The van der Waals surface area contributed by atoms with E-state index in [1.807, 2.05) is 54.6 Å². The van der Waals surface area contributed by atoms with E-state index in [1.165, 1.54) is 0 Å². The summed E-state index contributed by atoms with van der Waals surface area (Å²) in [6.07, 6.45) is 1.73. The zero-order valence-corrected chi connectivity index (χ0v) is 13.7. The summed E-state index contributed by atoms with van der Waals surface area (Å²) in [6.45, 7) is 0.658. The monoisotopic (exact) mass is 331 g/mol. The number of benzene rings is 2. The van der Waals surface area contributed by atoms with Crippen molar-refractivity contribution in [2.75, 3.05) is 12.4 Å². The molecular formula is C20H17N3O2. The van der Waals surface area contributed by atoms with Crippen molar-refractivity contribution in [1.82, 2.24) is 9.97 Å². The Morgan fingerprint density at radius 3 is 2.72 bits per heavy atom. The number of H-pyrrole nitrogens is 1. The molecule has 0 radical (unpaired) electrons. The van der Waals surface area contributed by atoms with Gasteiger partial charge in [0.2, 0.25) is 0 Å². The van der Waals surface area contributed by atoms with Crippen molar-refractivity contribution in [3.63, 3.8) is 0 Å². The molecule has 0 spiro atoms. The molecule has 25 heavy (non-hydrogen) atoms. The first kappa shape index (κ1) is 15.2. The largest absolute Gasteiger partial charge is 0.497 e. The Hall–Kier alpha value is -3.34. The SMILES string of the molecule is COc1cccc(CNc2cnc3[nH]c(=O)c4ccccc4c3c2)c1. The molecule has 5 nitrogen and oxygen atoms in total. The van der Waals surface area contributed by atoms with Gasteiger partial charge in [0.25, 0.3) is 5.56 Å². The maximum atomic E-state index is 12.1. The second-order valence-corrected chi connectivity index (χ2v) is 5.82. The molecule has 0 atom stereocenters. The third-order valence-corrected chi connectivity index (χ3v) is 4.21. The molecule has 0 unspecified atom stereocenters. The summed E-state index contributed by atoms with van der Waals surface area (Å²) in [5, 5.41) is 5.87. The highest BCUT2D eigenvalue weighted by atomic mass is 16.5. The smallest absolute Gasteiger partial charge is 0.257 e. The fourth-order valence-electron chi connectivity index (χ4n) is 2.94. The lowest BCUT2D eigenvalue weighted by molar-refractivity contribution is 0.414. The van der Waals surface area contributed by atoms with Gasteiger partial charge in [-0.2, -0.15) is 0 Å². The minimum Gasteiger partial charge on any atom is -0.497 e. The van der Waals surface area contributed by atoms with Gasteiger partial charge in [-0.25, -0.2) is 4.98 Å². The van der Waals surface area contributed by atoms with E-state index in [0.717, 1.165) is 27.8 Å². The molecule has 0 saturated heterocycles. The van der Waals surface area contributed by atoms with Gasteiger partial charge in [0.05, 0.1) is 19.0 Å². The van der Waals surface area contributed by atoms with Crippen LogP contribution in [0.1, 0.15) is 5.56 Å². The number of rotatable bonds is 4. The highest BCUT2D eigenvalue weighted by Gasteiger charge is 2.06. The molecule has 5 heteroatoms. The van der Waals surface area contributed by atoms with Crippen LogP contribution in [0.5, 0.6) is 5.75 Å². The number of nitrogens with one attached hydrogen (secondary N) is 2. The molecule has 0 saturated carbocycles. The van der Waals surface area contributed by atoms with Crippen molar-refractivity contribution in [2.45, 2.75) is 6.54 Å². The molecule has 4 rings (SSSR count). The minimum atomic E-state index is -0.118. The number of aromatic amines is 1. The number of pyridine rings is 2. The van der Waals surface area contributed by atoms with E-state index in [9.17, 15) is 4.79 Å². The van der Waals surface area contributed by atoms with Crippen molar-refractivity contribution in [3.05, 3.63) is 76.7 Å². The average molecular weight is 331 g/mol. The van der Waals surface area contributed by atoms with Crippen LogP contribution in [0.4, 0.5) is 5.69 Å². The Balaban J connectivity index is 1.70. The van der Waals surface area contributed by atoms with E-state index in [2.05, 4.69) is 15.3 Å². The van der Waals surface area contributed by atoms with Crippen molar-refractivity contribution in [1.29, 1.82) is 0 Å². The van der Waals surface area contributed by atoms with Gasteiger partial charge in [0.15, 0.2) is 0 Å². The zero-order chi connectivity index (χ0) is 17.2. The molecule has 0 bridgehead atoms. The van der Waals surface area contributed by atoms with Gasteiger partial charge in [-0.1, -0.05) is 30.3 Å². The van der Waals surface area contributed by atoms with Crippen molar-refractivity contribution < 1.29 is 4.74 Å². The standard InChI is InChI=1S/C20H17N3O2/c1-25-15-6-4-5-13(9-15)11-21-14-10-18-16-7-2-3-8-17(16)20(24)23-19(18)22-12-14/h2-10,12,21H,11H2,1H3,(H,22,23,24). The van der Waals surface area contributed by atoms with E-state index in [4.69, 9.17) is 4.74 Å². The van der Waals surface area contributed by atoms with Crippen LogP contribution >= 0.6 is 0 Å². The maximum Gasteiger partial charge on any atom is 0.257 e. The van der Waals surface area contributed by atoms with Crippen molar-refractivity contribution >= 4 is 27.5 Å². The molecule has 0 aliphatic rings. The molecular weight excluding hydrogens is 314 g/mol. The highest BCUT2D eigenvalue weighted by Crippen LogP contribution is 2.23. The predicted molar refractivity (Wildman–Crippen MR) is 100 cm³/mol. The first-order valence-corrected chi connectivity index (χ1v) is 8.02. The Labute approximate surface area is 144 Å². The number of nitrogens with zero attached hydrogens (tertiary/aromatic N) is 1. The van der Waals surface area contributed by atoms with Gasteiger partial charge in [-0.15, -0.1) is 0 Å². The highest BCUT2D eigenvalue weighted by molar-refractivity contribution is 6.04. The summed E-state index contributed by atoms with van der Waals surface area (Å²) in [7, 11) is 1.66. The molecule has 124 valence electrons. The molecule has 0 aliphatic carbocycles. The van der Waals surface area contributed by atoms with Crippen LogP contribution < -0.4 is 15.6 Å². The van der Waals surface area contributed by atoms with Crippen molar-refractivity contribution in [3.8, 4) is 5.75 Å². The fourth-order valence-corrected chi connectivity index (χ4v) is 2.94. The van der Waals surface area contributed by atoms with Gasteiger partial charge in [-0.05, 0) is 35.2 Å². The first-order valence-electron chi connectivity index (χ1n) is 8.02. The Morgan fingerprint density at radius 1 is 1.04 bits per heavy atom. The second kappa shape index (κ2) is 6.28. The Morgan fingerprint density at radius 2 is 1.88 bits per heavy atom. The van der Waals surface area contributed by atoms with Crippen LogP contribution in [0.15, 0.2) is 65.6 Å². The van der Waals surface area contributed by atoms with Gasteiger partial charge in [0, 0.05) is 17.3 Å². The van der Waals surface area contributed by atoms with Crippen LogP contribution in [0.2, 0.25) is 0 Å². The third kappa shape index (κ3) is 2.92. The van der Waals surface area contributed by atoms with Crippen LogP contribution in [-0.2, 0) is 6.54 Å². The maximum absolute atomic E-state index is 12.1. The van der Waals surface area contributed by atoms with E-state index < -0.39 is 0 Å². The van der Waals surface area contributed by atoms with E-state index in [1.54, 1.807) is 13.3 Å². The topological polar surface area (TPSA) is 67.0 Å². The lowest BCUT2D eigenvalue weighted by Gasteiger charge is -2.09. The number of methoxy groups -OCH3 is 1. The van der Waals surface area contributed by atoms with Crippen LogP contribution in [0, 0.1) is 0 Å². The van der Waals surface area contributed by atoms with Crippen LogP contribution in [-0.4, -0.2) is 17.1 Å². The van der Waals surface area contributed by atoms with Gasteiger partial charge >= 0.3 is 0 Å². The normalized spacial score (nSPS) is 10.9. The molecule has 0 amide bonds. The number of fused-ring (bicyclic) bond motifs is 3. The van der Waals surface area contributed by atoms with Gasteiger partial charge in [0.1, 0.15) is 11.4 Å². The minimum absolute atomic E-state index is 0.118. The van der Waals surface area contributed by atoms with E-state index >= 15 is 0 Å². The molecule has 0 fully saturated rings. The summed E-state index contributed by atoms with van der Waals surface area (Å²) in [6, 6.07) is 17.5. The number of hydrogen-bond acceptors (Lipinski definition) is 4. The summed E-state index contributed by atoms with van der Waals surface area (Å²) >= 11 is 0. The average Bonchev–Trinajstić information content (AvgIpc) is 2.67. The number of ether oxygens (including phenoxy) is 1. The number of aromatic nitrogens is 2. The quantitative estimate of drug-likeness (QED) is 0.560. The molecule has 2 aromatic heterocycles. The van der Waals surface area contributed by atoms with E-state index in [-0.39, 0.29) is 5.56 Å². The van der Waals surface area contributed by atoms with Crippen molar-refractivity contribution in [2.24, 2.45) is 0 Å². The van der Waals surface area contributed by atoms with Gasteiger partial charge < -0.3 is 15.0 Å². The lowest BCUT2D eigenvalue weighted by atomic mass is 10.1. The molecule has 2 N–H and O–H groups in total. The zero-order valence-electron chi connectivity index (χ0n) is 13.7. The first-order chi connectivity index (χ1) is 12.2. The van der Waals surface area contributed by atoms with Crippen LogP contribution in [0.25, 0.3) is 21.8 Å². The molecule has 2 heterocycles.